The summed E-state index contributed by atoms with van der Waals surface area (Å²) < 4.78 is 5.18. The Hall–Kier alpha value is -2.83. The molecule has 4 aliphatic carbocycles. The fourth-order valence-corrected chi connectivity index (χ4v) is 16.8. The zero-order valence-electron chi connectivity index (χ0n) is 25.7. The van der Waals surface area contributed by atoms with Gasteiger partial charge in [0.25, 0.3) is 0 Å². The minimum Gasteiger partial charge on any atom is -1.00 e. The molecule has 0 spiro atoms. The quantitative estimate of drug-likeness (QED) is 0.300. The molecule has 0 radical (unpaired) electrons. The van der Waals surface area contributed by atoms with Crippen molar-refractivity contribution in [2.24, 2.45) is 11.8 Å². The van der Waals surface area contributed by atoms with E-state index >= 15 is 0 Å². The average Bonchev–Trinajstić information content (AvgIpc) is 3.63. The standard InChI is InChI=1S/2C17H11.C7H14.2ClH.Zr/c2*1-2-6-15-12(4-1)8-10-14-11-9-13-5-3-7-16(13)17(14)15;1-6(2)5-7(3)4;;;/h2*1-4,6-10H,11H2;6-7H,1-4H3;2*1H;/q;;;;;+2/p-2. The van der Waals surface area contributed by atoms with Gasteiger partial charge in [0, 0.05) is 0 Å². The van der Waals surface area contributed by atoms with Crippen LogP contribution in [0, 0.1) is 11.8 Å². The van der Waals surface area contributed by atoms with E-state index in [4.69, 9.17) is 0 Å². The van der Waals surface area contributed by atoms with Gasteiger partial charge in [-0.3, -0.25) is 0 Å². The summed E-state index contributed by atoms with van der Waals surface area (Å²) in [5.41, 5.74) is 11.8. The van der Waals surface area contributed by atoms with E-state index < -0.39 is 21.3 Å². The second-order valence-corrected chi connectivity index (χ2v) is 18.7. The number of rotatable bonds is 4. The third-order valence-electron chi connectivity index (χ3n) is 9.69. The van der Waals surface area contributed by atoms with Crippen LogP contribution in [0.5, 0.6) is 0 Å². The number of halogens is 2. The van der Waals surface area contributed by atoms with Crippen LogP contribution in [0.25, 0.3) is 32.7 Å². The molecule has 0 atom stereocenters. The molecule has 44 heavy (non-hydrogen) atoms. The Labute approximate surface area is 281 Å². The Morgan fingerprint density at radius 3 is 1.39 bits per heavy atom. The number of benzene rings is 4. The summed E-state index contributed by atoms with van der Waals surface area (Å²) in [6, 6.07) is 27.2. The minimum atomic E-state index is -2.53. The molecule has 0 unspecified atom stereocenters. The molecule has 4 aromatic rings. The molecule has 0 N–H and O–H groups in total. The van der Waals surface area contributed by atoms with Crippen LogP contribution in [0.4, 0.5) is 0 Å². The molecular weight excluding hydrogens is 655 g/mol. The number of hydrogen-bond acceptors (Lipinski definition) is 0. The van der Waals surface area contributed by atoms with Crippen molar-refractivity contribution in [3.8, 4) is 0 Å². The van der Waals surface area contributed by atoms with Crippen molar-refractivity contribution in [3.63, 3.8) is 0 Å². The van der Waals surface area contributed by atoms with Crippen LogP contribution in [0.3, 0.4) is 0 Å². The summed E-state index contributed by atoms with van der Waals surface area (Å²) in [6.07, 6.45) is 17.2. The van der Waals surface area contributed by atoms with Gasteiger partial charge in [-0.1, -0.05) is 0 Å². The maximum Gasteiger partial charge on any atom is -1.00 e. The van der Waals surface area contributed by atoms with Gasteiger partial charge in [-0.2, -0.15) is 0 Å². The Morgan fingerprint density at radius 1 is 0.523 bits per heavy atom. The molecule has 0 saturated heterocycles. The van der Waals surface area contributed by atoms with E-state index in [1.54, 1.807) is 6.56 Å². The van der Waals surface area contributed by atoms with Crippen molar-refractivity contribution < 1.29 is 46.1 Å². The summed E-state index contributed by atoms with van der Waals surface area (Å²) in [5, 5.41) is 5.47. The van der Waals surface area contributed by atoms with Crippen molar-refractivity contribution in [2.45, 2.75) is 40.5 Å². The van der Waals surface area contributed by atoms with Gasteiger partial charge < -0.3 is 24.8 Å². The van der Waals surface area contributed by atoms with Gasteiger partial charge in [-0.25, -0.2) is 0 Å². The Kier molecular flexibility index (Phi) is 8.62. The first-order chi connectivity index (χ1) is 20.5. The smallest absolute Gasteiger partial charge is 1.00 e. The van der Waals surface area contributed by atoms with E-state index in [0.29, 0.717) is 11.8 Å². The molecule has 0 heterocycles. The normalized spacial score (nSPS) is 15.8. The number of allylic oxidation sites excluding steroid dienone is 12. The van der Waals surface area contributed by atoms with Gasteiger partial charge in [-0.15, -0.1) is 0 Å². The third-order valence-corrected chi connectivity index (χ3v) is 18.7. The third kappa shape index (κ3) is 4.79. The Morgan fingerprint density at radius 2 is 0.955 bits per heavy atom. The molecule has 3 heteroatoms. The van der Waals surface area contributed by atoms with Crippen molar-refractivity contribution in [3.05, 3.63) is 149 Å². The summed E-state index contributed by atoms with van der Waals surface area (Å²) in [4.78, 5) is 0. The molecule has 0 saturated carbocycles. The van der Waals surface area contributed by atoms with Crippen LogP contribution >= 0.6 is 0 Å². The van der Waals surface area contributed by atoms with Crippen molar-refractivity contribution >= 4 is 35.9 Å². The van der Waals surface area contributed by atoms with Crippen LogP contribution in [0.1, 0.15) is 49.9 Å². The largest absolute Gasteiger partial charge is 1.00 e. The van der Waals surface area contributed by atoms with Gasteiger partial charge in [0.2, 0.25) is 0 Å². The van der Waals surface area contributed by atoms with E-state index in [1.807, 2.05) is 3.21 Å². The van der Waals surface area contributed by atoms with Crippen LogP contribution < -0.4 is 24.8 Å². The minimum absolute atomic E-state index is 0. The molecular formula is C41H36Cl2Zr. The second kappa shape index (κ2) is 12.2. The molecule has 0 aromatic heterocycles. The first-order valence-electron chi connectivity index (χ1n) is 15.5. The van der Waals surface area contributed by atoms with E-state index in [2.05, 4.69) is 137 Å². The van der Waals surface area contributed by atoms with Crippen LogP contribution in [-0.4, -0.2) is 3.21 Å². The van der Waals surface area contributed by atoms with E-state index in [-0.39, 0.29) is 24.8 Å². The molecule has 0 fully saturated rings. The molecule has 0 nitrogen and oxygen atoms in total. The van der Waals surface area contributed by atoms with Crippen molar-refractivity contribution in [2.75, 3.05) is 0 Å². The van der Waals surface area contributed by atoms with Crippen molar-refractivity contribution in [1.82, 2.24) is 0 Å². The summed E-state index contributed by atoms with van der Waals surface area (Å²) in [7, 11) is 0. The second-order valence-electron chi connectivity index (χ2n) is 12.7. The summed E-state index contributed by atoms with van der Waals surface area (Å²) in [6.45, 7) is 9.78. The predicted molar refractivity (Wildman–Crippen MR) is 178 cm³/mol. The average molecular weight is 691 g/mol. The molecule has 8 rings (SSSR count). The fourth-order valence-electron chi connectivity index (χ4n) is 8.03. The topological polar surface area (TPSA) is 0 Å². The maximum atomic E-state index is 2.56. The molecule has 4 aromatic carbocycles. The Bertz CT molecular complexity index is 1930. The predicted octanol–water partition coefficient (Wildman–Crippen LogP) is 4.33. The van der Waals surface area contributed by atoms with Gasteiger partial charge in [0.05, 0.1) is 0 Å². The first-order valence-corrected chi connectivity index (χ1v) is 19.2. The summed E-state index contributed by atoms with van der Waals surface area (Å²) >= 11 is -2.53. The molecule has 0 bridgehead atoms. The summed E-state index contributed by atoms with van der Waals surface area (Å²) in [5.74, 6) is 1.15. The van der Waals surface area contributed by atoms with E-state index in [9.17, 15) is 0 Å². The van der Waals surface area contributed by atoms with Crippen LogP contribution in [0.2, 0.25) is 0 Å². The molecule has 218 valence electrons. The van der Waals surface area contributed by atoms with Crippen molar-refractivity contribution in [1.29, 1.82) is 0 Å². The van der Waals surface area contributed by atoms with Gasteiger partial charge >= 0.3 is 259 Å². The number of fused-ring (bicyclic) bond motifs is 10. The van der Waals surface area contributed by atoms with E-state index in [0.717, 1.165) is 12.8 Å². The Balaban J connectivity index is 0.00000171. The number of hydrogen-bond donors (Lipinski definition) is 0. The SMILES string of the molecule is CC(C)[C](C(C)C)=[Zr+2]([C]1=CC=C2C1=CCc1ccc3ccccc3c12)[C]1=CC=C2C1=CCc1ccc3ccccc3c12.[Cl-].[Cl-]. The van der Waals surface area contributed by atoms with Gasteiger partial charge in [-0.05, 0) is 0 Å². The molecule has 4 aliphatic rings. The molecule has 0 aliphatic heterocycles. The van der Waals surface area contributed by atoms with Crippen LogP contribution in [0.15, 0.2) is 127 Å². The zero-order chi connectivity index (χ0) is 28.5. The first kappa shape index (κ1) is 31.2. The van der Waals surface area contributed by atoms with Crippen LogP contribution in [-0.2, 0) is 34.1 Å². The van der Waals surface area contributed by atoms with Gasteiger partial charge in [0.1, 0.15) is 0 Å². The molecule has 0 amide bonds. The maximum absolute atomic E-state index is 2.56. The zero-order valence-corrected chi connectivity index (χ0v) is 29.7. The fraction of sp³-hybridized carbons (Fsp3) is 0.195. The monoisotopic (exact) mass is 688 g/mol. The van der Waals surface area contributed by atoms with E-state index in [1.165, 1.54) is 66.1 Å². The van der Waals surface area contributed by atoms with Gasteiger partial charge in [0.15, 0.2) is 0 Å².